The van der Waals surface area contributed by atoms with Crippen molar-refractivity contribution in [2.45, 2.75) is 33.7 Å². The fraction of sp³-hybridized carbons (Fsp3) is 0.375. The van der Waals surface area contributed by atoms with Crippen LogP contribution in [0.15, 0.2) is 54.7 Å². The SMILES string of the molecule is CC[NH+](CC)CCCN(Cc1c[nH]c2ccccc12)C(=S)Nc1cccc(C)c1. The summed E-state index contributed by atoms with van der Waals surface area (Å²) in [7, 11) is 0. The first-order valence-corrected chi connectivity index (χ1v) is 11.0. The summed E-state index contributed by atoms with van der Waals surface area (Å²) in [5, 5.41) is 5.51. The number of fused-ring (bicyclic) bond motifs is 1. The molecule has 1 aromatic heterocycles. The highest BCUT2D eigenvalue weighted by molar-refractivity contribution is 7.80. The van der Waals surface area contributed by atoms with Gasteiger partial charge in [-0.15, -0.1) is 0 Å². The molecule has 1 heterocycles. The number of nitrogens with one attached hydrogen (secondary N) is 3. The Hall–Kier alpha value is -2.37. The van der Waals surface area contributed by atoms with E-state index in [1.807, 2.05) is 0 Å². The summed E-state index contributed by atoms with van der Waals surface area (Å²) in [5.41, 5.74) is 4.73. The molecule has 0 aliphatic carbocycles. The van der Waals surface area contributed by atoms with Gasteiger partial charge in [0.05, 0.1) is 19.6 Å². The second-order valence-corrected chi connectivity index (χ2v) is 8.03. The highest BCUT2D eigenvalue weighted by Crippen LogP contribution is 2.20. The highest BCUT2D eigenvalue weighted by Gasteiger charge is 2.14. The maximum atomic E-state index is 5.83. The topological polar surface area (TPSA) is 35.5 Å². The molecule has 4 nitrogen and oxygen atoms in total. The third-order valence-electron chi connectivity index (χ3n) is 5.55. The van der Waals surface area contributed by atoms with Gasteiger partial charge < -0.3 is 20.1 Å². The molecule has 0 spiro atoms. The lowest BCUT2D eigenvalue weighted by molar-refractivity contribution is -0.896. The van der Waals surface area contributed by atoms with Crippen LogP contribution in [0.1, 0.15) is 31.4 Å². The molecule has 0 bridgehead atoms. The third-order valence-corrected chi connectivity index (χ3v) is 5.91. The van der Waals surface area contributed by atoms with Crippen LogP contribution in [0.5, 0.6) is 0 Å². The molecule has 0 aliphatic heterocycles. The van der Waals surface area contributed by atoms with Gasteiger partial charge in [-0.2, -0.15) is 0 Å². The molecule has 0 aliphatic rings. The van der Waals surface area contributed by atoms with Crippen LogP contribution in [0, 0.1) is 6.92 Å². The Labute approximate surface area is 179 Å². The van der Waals surface area contributed by atoms with Crippen molar-refractivity contribution >= 4 is 33.9 Å². The predicted octanol–water partition coefficient (Wildman–Crippen LogP) is 3.99. The molecule has 0 atom stereocenters. The zero-order chi connectivity index (χ0) is 20.6. The van der Waals surface area contributed by atoms with Gasteiger partial charge in [-0.25, -0.2) is 0 Å². The molecule has 0 radical (unpaired) electrons. The number of thiocarbonyl (C=S) groups is 1. The molecule has 3 aromatic rings. The van der Waals surface area contributed by atoms with E-state index in [1.54, 1.807) is 4.90 Å². The van der Waals surface area contributed by atoms with Gasteiger partial charge in [-0.3, -0.25) is 0 Å². The average Bonchev–Trinajstić information content (AvgIpc) is 3.13. The van der Waals surface area contributed by atoms with Crippen molar-refractivity contribution in [2.24, 2.45) is 0 Å². The summed E-state index contributed by atoms with van der Waals surface area (Å²) in [4.78, 5) is 7.32. The molecule has 0 unspecified atom stereocenters. The number of rotatable bonds is 9. The number of para-hydroxylation sites is 1. The van der Waals surface area contributed by atoms with Crippen LogP contribution in [0.4, 0.5) is 5.69 Å². The van der Waals surface area contributed by atoms with Gasteiger partial charge in [-0.1, -0.05) is 30.3 Å². The summed E-state index contributed by atoms with van der Waals surface area (Å²) in [5.74, 6) is 0. The van der Waals surface area contributed by atoms with Crippen LogP contribution in [0.25, 0.3) is 10.9 Å². The van der Waals surface area contributed by atoms with Crippen LogP contribution in [0.2, 0.25) is 0 Å². The summed E-state index contributed by atoms with van der Waals surface area (Å²) >= 11 is 5.83. The van der Waals surface area contributed by atoms with Gasteiger partial charge in [0.15, 0.2) is 5.11 Å². The lowest BCUT2D eigenvalue weighted by Crippen LogP contribution is -3.11. The van der Waals surface area contributed by atoms with Crippen molar-refractivity contribution in [1.29, 1.82) is 0 Å². The normalized spacial score (nSPS) is 11.2. The fourth-order valence-corrected chi connectivity index (χ4v) is 4.04. The Balaban J connectivity index is 1.74. The van der Waals surface area contributed by atoms with E-state index in [2.05, 4.69) is 90.7 Å². The molecule has 29 heavy (non-hydrogen) atoms. The fourth-order valence-electron chi connectivity index (χ4n) is 3.77. The zero-order valence-electron chi connectivity index (χ0n) is 17.8. The van der Waals surface area contributed by atoms with Gasteiger partial charge in [0.25, 0.3) is 0 Å². The van der Waals surface area contributed by atoms with Crippen LogP contribution in [-0.4, -0.2) is 41.2 Å². The number of H-pyrrole nitrogens is 1. The van der Waals surface area contributed by atoms with Crippen molar-refractivity contribution < 1.29 is 4.90 Å². The molecular weight excluding hydrogens is 376 g/mol. The van der Waals surface area contributed by atoms with E-state index >= 15 is 0 Å². The Kier molecular flexibility index (Phi) is 7.67. The molecule has 3 N–H and O–H groups in total. The summed E-state index contributed by atoms with van der Waals surface area (Å²) < 4.78 is 0. The van der Waals surface area contributed by atoms with Crippen molar-refractivity contribution in [1.82, 2.24) is 9.88 Å². The first-order chi connectivity index (χ1) is 14.1. The first-order valence-electron chi connectivity index (χ1n) is 10.6. The molecule has 0 saturated heterocycles. The molecule has 0 amide bonds. The number of quaternary nitrogens is 1. The van der Waals surface area contributed by atoms with E-state index in [9.17, 15) is 0 Å². The van der Waals surface area contributed by atoms with Crippen LogP contribution >= 0.6 is 12.2 Å². The van der Waals surface area contributed by atoms with Gasteiger partial charge in [-0.05, 0) is 62.3 Å². The standard InChI is InChI=1S/C24H32N4S/c1-4-27(5-2)14-9-15-28(24(29)26-21-11-8-10-19(3)16-21)18-20-17-25-23-13-7-6-12-22(20)23/h6-8,10-13,16-17,25H,4-5,9,14-15,18H2,1-3H3,(H,26,29)/p+1. The quantitative estimate of drug-likeness (QED) is 0.468. The molecule has 0 saturated carbocycles. The summed E-state index contributed by atoms with van der Waals surface area (Å²) in [6.45, 7) is 11.9. The number of nitrogens with zero attached hydrogens (tertiary/aromatic N) is 1. The molecule has 3 rings (SSSR count). The smallest absolute Gasteiger partial charge is 0.173 e. The van der Waals surface area contributed by atoms with E-state index in [0.717, 1.165) is 30.3 Å². The molecule has 0 fully saturated rings. The van der Waals surface area contributed by atoms with E-state index in [1.165, 1.54) is 41.7 Å². The van der Waals surface area contributed by atoms with Crippen molar-refractivity contribution in [3.05, 3.63) is 65.9 Å². The number of aromatic amines is 1. The second kappa shape index (κ2) is 10.4. The number of aromatic nitrogens is 1. The van der Waals surface area contributed by atoms with Gasteiger partial charge in [0.1, 0.15) is 0 Å². The van der Waals surface area contributed by atoms with E-state index in [-0.39, 0.29) is 0 Å². The largest absolute Gasteiger partial charge is 0.361 e. The molecule has 5 heteroatoms. The van der Waals surface area contributed by atoms with Gasteiger partial charge in [0, 0.05) is 42.3 Å². The van der Waals surface area contributed by atoms with E-state index < -0.39 is 0 Å². The van der Waals surface area contributed by atoms with E-state index in [0.29, 0.717) is 0 Å². The number of hydrogen-bond donors (Lipinski definition) is 3. The van der Waals surface area contributed by atoms with Gasteiger partial charge in [0.2, 0.25) is 0 Å². The minimum absolute atomic E-state index is 0.787. The van der Waals surface area contributed by atoms with Crippen molar-refractivity contribution in [2.75, 3.05) is 31.5 Å². The Morgan fingerprint density at radius 1 is 1.10 bits per heavy atom. The maximum Gasteiger partial charge on any atom is 0.173 e. The number of anilines is 1. The average molecular weight is 410 g/mol. The minimum atomic E-state index is 0.787. The van der Waals surface area contributed by atoms with Crippen molar-refractivity contribution in [3.63, 3.8) is 0 Å². The Morgan fingerprint density at radius 2 is 1.90 bits per heavy atom. The second-order valence-electron chi connectivity index (χ2n) is 7.64. The third kappa shape index (κ3) is 5.81. The lowest BCUT2D eigenvalue weighted by atomic mass is 10.1. The highest BCUT2D eigenvalue weighted by atomic mass is 32.1. The van der Waals surface area contributed by atoms with E-state index in [4.69, 9.17) is 12.2 Å². The van der Waals surface area contributed by atoms with Crippen LogP contribution in [-0.2, 0) is 6.54 Å². The van der Waals surface area contributed by atoms with Crippen LogP contribution in [0.3, 0.4) is 0 Å². The molecule has 154 valence electrons. The lowest BCUT2D eigenvalue weighted by Gasteiger charge is -2.27. The monoisotopic (exact) mass is 409 g/mol. The number of hydrogen-bond acceptors (Lipinski definition) is 1. The Bertz CT molecular complexity index is 929. The van der Waals surface area contributed by atoms with Gasteiger partial charge >= 0.3 is 0 Å². The summed E-state index contributed by atoms with van der Waals surface area (Å²) in [6.07, 6.45) is 3.23. The molecule has 2 aromatic carbocycles. The maximum absolute atomic E-state index is 5.83. The Morgan fingerprint density at radius 3 is 2.66 bits per heavy atom. The first kappa shape index (κ1) is 21.3. The zero-order valence-corrected chi connectivity index (χ0v) is 18.6. The number of aryl methyl sites for hydroxylation is 1. The molecular formula is C24H33N4S+. The van der Waals surface area contributed by atoms with Crippen molar-refractivity contribution in [3.8, 4) is 0 Å². The predicted molar refractivity (Wildman–Crippen MR) is 128 cm³/mol. The number of benzene rings is 2. The minimum Gasteiger partial charge on any atom is -0.361 e. The van der Waals surface area contributed by atoms with Crippen LogP contribution < -0.4 is 10.2 Å². The summed E-state index contributed by atoms with van der Waals surface area (Å²) in [6, 6.07) is 16.8.